The number of hydrogen-bond acceptors (Lipinski definition) is 6. The lowest BCUT2D eigenvalue weighted by Crippen LogP contribution is -2.22. The molecular formula is C24H26N2O5S. The second-order valence-corrected chi connectivity index (χ2v) is 8.51. The van der Waals surface area contributed by atoms with Gasteiger partial charge in [0.2, 0.25) is 0 Å². The molecule has 2 heterocycles. The Balaban J connectivity index is 1.70. The first-order valence-electron chi connectivity index (χ1n) is 10.2. The Morgan fingerprint density at radius 1 is 1.00 bits per heavy atom. The summed E-state index contributed by atoms with van der Waals surface area (Å²) < 4.78 is 12.3. The third kappa shape index (κ3) is 4.75. The highest BCUT2D eigenvalue weighted by atomic mass is 32.1. The average Bonchev–Trinajstić information content (AvgIpc) is 3.21. The van der Waals surface area contributed by atoms with Crippen LogP contribution in [-0.2, 0) is 14.3 Å². The van der Waals surface area contributed by atoms with Crippen molar-refractivity contribution in [2.24, 2.45) is 0 Å². The minimum Gasteiger partial charge on any atom is -0.462 e. The van der Waals surface area contributed by atoms with Crippen LogP contribution in [0, 0.1) is 27.7 Å². The van der Waals surface area contributed by atoms with Crippen molar-refractivity contribution in [2.45, 2.75) is 34.6 Å². The summed E-state index contributed by atoms with van der Waals surface area (Å²) >= 11 is 1.28. The van der Waals surface area contributed by atoms with E-state index in [0.717, 1.165) is 27.5 Å². The van der Waals surface area contributed by atoms with Gasteiger partial charge in [-0.25, -0.2) is 9.59 Å². The van der Waals surface area contributed by atoms with Crippen LogP contribution in [0.5, 0.6) is 0 Å². The molecular weight excluding hydrogens is 428 g/mol. The molecule has 3 rings (SSSR count). The Morgan fingerprint density at radius 2 is 1.69 bits per heavy atom. The zero-order valence-electron chi connectivity index (χ0n) is 18.8. The van der Waals surface area contributed by atoms with E-state index in [4.69, 9.17) is 9.47 Å². The molecule has 0 aliphatic heterocycles. The topological polar surface area (TPSA) is 86.6 Å². The van der Waals surface area contributed by atoms with Crippen molar-refractivity contribution in [1.82, 2.24) is 4.57 Å². The number of carbonyl (C=O) groups is 3. The maximum atomic E-state index is 12.7. The van der Waals surface area contributed by atoms with Crippen LogP contribution in [0.25, 0.3) is 5.69 Å². The molecule has 0 aliphatic carbocycles. The summed E-state index contributed by atoms with van der Waals surface area (Å²) in [5.74, 6) is -1.60. The van der Waals surface area contributed by atoms with E-state index in [0.29, 0.717) is 16.1 Å². The number of para-hydroxylation sites is 1. The van der Waals surface area contributed by atoms with Gasteiger partial charge in [-0.15, -0.1) is 11.3 Å². The van der Waals surface area contributed by atoms with Crippen LogP contribution in [-0.4, -0.2) is 35.6 Å². The van der Waals surface area contributed by atoms with E-state index in [1.54, 1.807) is 19.9 Å². The van der Waals surface area contributed by atoms with Crippen LogP contribution in [0.4, 0.5) is 5.00 Å². The number of aryl methyl sites for hydroxylation is 2. The third-order valence-corrected chi connectivity index (χ3v) is 6.24. The van der Waals surface area contributed by atoms with Crippen molar-refractivity contribution in [2.75, 3.05) is 18.5 Å². The largest absolute Gasteiger partial charge is 0.462 e. The molecule has 1 aromatic carbocycles. The molecule has 0 saturated carbocycles. The summed E-state index contributed by atoms with van der Waals surface area (Å²) in [6, 6.07) is 11.4. The molecule has 0 unspecified atom stereocenters. The van der Waals surface area contributed by atoms with E-state index < -0.39 is 24.5 Å². The number of hydrogen-bond donors (Lipinski definition) is 1. The highest BCUT2D eigenvalue weighted by Gasteiger charge is 2.23. The number of thiophene rings is 1. The van der Waals surface area contributed by atoms with Crippen molar-refractivity contribution < 1.29 is 23.9 Å². The highest BCUT2D eigenvalue weighted by Crippen LogP contribution is 2.33. The molecule has 0 atom stereocenters. The predicted molar refractivity (Wildman–Crippen MR) is 124 cm³/mol. The number of benzene rings is 1. The summed E-state index contributed by atoms with van der Waals surface area (Å²) in [6.45, 7) is 8.89. The summed E-state index contributed by atoms with van der Waals surface area (Å²) in [4.78, 5) is 38.3. The van der Waals surface area contributed by atoms with Gasteiger partial charge >= 0.3 is 11.9 Å². The normalized spacial score (nSPS) is 10.7. The lowest BCUT2D eigenvalue weighted by Gasteiger charge is -2.10. The third-order valence-electron chi connectivity index (χ3n) is 5.12. The van der Waals surface area contributed by atoms with Crippen LogP contribution in [0.15, 0.2) is 36.4 Å². The number of rotatable bonds is 7. The standard InChI is InChI=1S/C24H26N2O5S/c1-6-30-24(29)21-15(3)17(5)32-22(21)25-20(27)13-31-23(28)19-12-14(2)26(16(19)4)18-10-8-7-9-11-18/h7-12H,6,13H2,1-5H3,(H,25,27). The minimum absolute atomic E-state index is 0.236. The summed E-state index contributed by atoms with van der Waals surface area (Å²) in [5.41, 5.74) is 4.04. The van der Waals surface area contributed by atoms with Crippen LogP contribution in [0.1, 0.15) is 49.5 Å². The van der Waals surface area contributed by atoms with Gasteiger partial charge < -0.3 is 19.4 Å². The van der Waals surface area contributed by atoms with E-state index in [9.17, 15) is 14.4 Å². The van der Waals surface area contributed by atoms with Crippen LogP contribution in [0.2, 0.25) is 0 Å². The van der Waals surface area contributed by atoms with Gasteiger partial charge in [0, 0.05) is 22.0 Å². The van der Waals surface area contributed by atoms with Crippen LogP contribution in [0.3, 0.4) is 0 Å². The van der Waals surface area contributed by atoms with E-state index in [1.165, 1.54) is 11.3 Å². The van der Waals surface area contributed by atoms with Gasteiger partial charge in [0.05, 0.1) is 17.7 Å². The Hall–Kier alpha value is -3.39. The van der Waals surface area contributed by atoms with Crippen molar-refractivity contribution in [3.05, 3.63) is 69.4 Å². The summed E-state index contributed by atoms with van der Waals surface area (Å²) in [6.07, 6.45) is 0. The number of nitrogens with zero attached hydrogens (tertiary/aromatic N) is 1. The smallest absolute Gasteiger partial charge is 0.341 e. The fraction of sp³-hybridized carbons (Fsp3) is 0.292. The van der Waals surface area contributed by atoms with Crippen molar-refractivity contribution >= 4 is 34.2 Å². The SMILES string of the molecule is CCOC(=O)c1c(NC(=O)COC(=O)c2cc(C)n(-c3ccccc3)c2C)sc(C)c1C. The first kappa shape index (κ1) is 23.3. The average molecular weight is 455 g/mol. The van der Waals surface area contributed by atoms with E-state index in [-0.39, 0.29) is 6.61 Å². The number of ether oxygens (including phenoxy) is 2. The first-order chi connectivity index (χ1) is 15.2. The molecule has 2 aromatic heterocycles. The van der Waals surface area contributed by atoms with Gasteiger partial charge in [0.1, 0.15) is 5.00 Å². The number of carbonyl (C=O) groups excluding carboxylic acids is 3. The van der Waals surface area contributed by atoms with Crippen molar-refractivity contribution in [3.8, 4) is 5.69 Å². The molecule has 0 radical (unpaired) electrons. The monoisotopic (exact) mass is 454 g/mol. The molecule has 1 N–H and O–H groups in total. The lowest BCUT2D eigenvalue weighted by molar-refractivity contribution is -0.119. The predicted octanol–water partition coefficient (Wildman–Crippen LogP) is 4.74. The Morgan fingerprint density at radius 3 is 2.34 bits per heavy atom. The molecule has 0 aliphatic rings. The first-order valence-corrected chi connectivity index (χ1v) is 11.0. The molecule has 168 valence electrons. The van der Waals surface area contributed by atoms with Crippen LogP contribution >= 0.6 is 11.3 Å². The van der Waals surface area contributed by atoms with Crippen LogP contribution < -0.4 is 5.32 Å². The quantitative estimate of drug-likeness (QED) is 0.521. The fourth-order valence-corrected chi connectivity index (χ4v) is 4.54. The van der Waals surface area contributed by atoms with E-state index in [2.05, 4.69) is 5.32 Å². The number of esters is 2. The summed E-state index contributed by atoms with van der Waals surface area (Å²) in [5, 5.41) is 3.06. The minimum atomic E-state index is -0.584. The summed E-state index contributed by atoms with van der Waals surface area (Å²) in [7, 11) is 0. The zero-order valence-corrected chi connectivity index (χ0v) is 19.6. The van der Waals surface area contributed by atoms with Crippen molar-refractivity contribution in [3.63, 3.8) is 0 Å². The molecule has 0 spiro atoms. The number of anilines is 1. The molecule has 0 saturated heterocycles. The molecule has 7 nitrogen and oxygen atoms in total. The van der Waals surface area contributed by atoms with E-state index >= 15 is 0 Å². The van der Waals surface area contributed by atoms with Gasteiger partial charge in [0.25, 0.3) is 5.91 Å². The van der Waals surface area contributed by atoms with Gasteiger partial charge in [-0.3, -0.25) is 4.79 Å². The van der Waals surface area contributed by atoms with Crippen molar-refractivity contribution in [1.29, 1.82) is 0 Å². The van der Waals surface area contributed by atoms with Gasteiger partial charge in [-0.2, -0.15) is 0 Å². The maximum Gasteiger partial charge on any atom is 0.341 e. The number of nitrogens with one attached hydrogen (secondary N) is 1. The highest BCUT2D eigenvalue weighted by molar-refractivity contribution is 7.16. The molecule has 0 fully saturated rings. The van der Waals surface area contributed by atoms with Gasteiger partial charge in [-0.1, -0.05) is 18.2 Å². The van der Waals surface area contributed by atoms with E-state index in [1.807, 2.05) is 55.7 Å². The zero-order chi connectivity index (χ0) is 23.4. The Bertz CT molecular complexity index is 1160. The Kier molecular flexibility index (Phi) is 7.15. The molecule has 0 bridgehead atoms. The molecule has 8 heteroatoms. The second kappa shape index (κ2) is 9.82. The molecule has 1 amide bonds. The van der Waals surface area contributed by atoms with Gasteiger partial charge in [-0.05, 0) is 58.4 Å². The lowest BCUT2D eigenvalue weighted by atomic mass is 10.1. The second-order valence-electron chi connectivity index (χ2n) is 7.29. The van der Waals surface area contributed by atoms with Gasteiger partial charge in [0.15, 0.2) is 6.61 Å². The number of amides is 1. The molecule has 32 heavy (non-hydrogen) atoms. The Labute approximate surface area is 191 Å². The fourth-order valence-electron chi connectivity index (χ4n) is 3.48. The maximum absolute atomic E-state index is 12.7. The number of aromatic nitrogens is 1. The molecule has 3 aromatic rings.